The van der Waals surface area contributed by atoms with Crippen LogP contribution in [0.3, 0.4) is 0 Å². The Hall–Kier alpha value is -4.21. The molecule has 0 atom stereocenters. The third-order valence-corrected chi connectivity index (χ3v) is 7.76. The number of ether oxygens (including phenoxy) is 1. The first-order valence-corrected chi connectivity index (χ1v) is 15.3. The zero-order valence-electron chi connectivity index (χ0n) is 27.0. The lowest BCUT2D eigenvalue weighted by Gasteiger charge is -2.28. The lowest BCUT2D eigenvalue weighted by atomic mass is 9.83. The maximum atomic E-state index is 14.1. The van der Waals surface area contributed by atoms with E-state index in [2.05, 4.69) is 5.32 Å². The Balaban J connectivity index is 1.62. The van der Waals surface area contributed by atoms with E-state index in [1.807, 2.05) is 45.0 Å². The van der Waals surface area contributed by atoms with E-state index in [9.17, 15) is 19.2 Å². The number of anilines is 3. The topological polar surface area (TPSA) is 112 Å². The normalized spacial score (nSPS) is 16.1. The van der Waals surface area contributed by atoms with Crippen molar-refractivity contribution in [2.24, 2.45) is 16.4 Å². The third-order valence-electron chi connectivity index (χ3n) is 7.76. The highest BCUT2D eigenvalue weighted by molar-refractivity contribution is 6.13. The first-order chi connectivity index (χ1) is 20.6. The number of fused-ring (bicyclic) bond motifs is 1. The Morgan fingerprint density at radius 1 is 0.955 bits per heavy atom. The Morgan fingerprint density at radius 2 is 1.64 bits per heavy atom. The van der Waals surface area contributed by atoms with Gasteiger partial charge in [0.15, 0.2) is 5.78 Å². The van der Waals surface area contributed by atoms with E-state index in [4.69, 9.17) is 9.84 Å². The minimum absolute atomic E-state index is 0.0999. The molecule has 10 nitrogen and oxygen atoms in total. The van der Waals surface area contributed by atoms with Gasteiger partial charge in [-0.15, -0.1) is 0 Å². The summed E-state index contributed by atoms with van der Waals surface area (Å²) in [6, 6.07) is 13.8. The molecule has 10 heteroatoms. The number of Topliss-reactive ketones (excluding diaryl/α,β-unsaturated/α-hetero) is 1. The van der Waals surface area contributed by atoms with Gasteiger partial charge in [-0.2, -0.15) is 5.10 Å². The smallest absolute Gasteiger partial charge is 0.414 e. The van der Waals surface area contributed by atoms with Crippen molar-refractivity contribution in [2.45, 2.75) is 79.2 Å². The van der Waals surface area contributed by atoms with Crippen LogP contribution < -0.4 is 15.1 Å². The average Bonchev–Trinajstić information content (AvgIpc) is 3.06. The predicted molar refractivity (Wildman–Crippen MR) is 173 cm³/mol. The van der Waals surface area contributed by atoms with E-state index in [1.54, 1.807) is 52.1 Å². The van der Waals surface area contributed by atoms with Gasteiger partial charge in [0.05, 0.1) is 17.9 Å². The quantitative estimate of drug-likeness (QED) is 0.373. The summed E-state index contributed by atoms with van der Waals surface area (Å²) in [5, 5.41) is 8.87. The molecule has 0 bridgehead atoms. The number of urea groups is 1. The Morgan fingerprint density at radius 3 is 2.30 bits per heavy atom. The summed E-state index contributed by atoms with van der Waals surface area (Å²) in [5.74, 6) is -0.422. The molecular formula is C34H45N5O5. The molecule has 0 spiro atoms. The summed E-state index contributed by atoms with van der Waals surface area (Å²) >= 11 is 0. The van der Waals surface area contributed by atoms with Gasteiger partial charge in [0.25, 0.3) is 0 Å². The molecular weight excluding hydrogens is 558 g/mol. The van der Waals surface area contributed by atoms with Crippen molar-refractivity contribution in [2.75, 3.05) is 35.3 Å². The first kappa shape index (κ1) is 32.7. The second-order valence-electron chi connectivity index (χ2n) is 13.6. The second-order valence-corrected chi connectivity index (χ2v) is 13.6. The van der Waals surface area contributed by atoms with Crippen molar-refractivity contribution in [3.8, 4) is 0 Å². The summed E-state index contributed by atoms with van der Waals surface area (Å²) in [7, 11) is 1.59. The van der Waals surface area contributed by atoms with Crippen molar-refractivity contribution in [1.29, 1.82) is 0 Å². The Labute approximate surface area is 260 Å². The molecule has 1 saturated carbocycles. The van der Waals surface area contributed by atoms with Gasteiger partial charge >= 0.3 is 12.1 Å². The van der Waals surface area contributed by atoms with Crippen LogP contribution in [0.5, 0.6) is 0 Å². The first-order valence-electron chi connectivity index (χ1n) is 15.3. The summed E-state index contributed by atoms with van der Waals surface area (Å²) in [4.78, 5) is 56.1. The predicted octanol–water partition coefficient (Wildman–Crippen LogP) is 6.84. The molecule has 1 N–H and O–H groups in total. The summed E-state index contributed by atoms with van der Waals surface area (Å²) < 4.78 is 5.46. The molecule has 1 aliphatic heterocycles. The van der Waals surface area contributed by atoms with Gasteiger partial charge in [-0.1, -0.05) is 64.3 Å². The van der Waals surface area contributed by atoms with Crippen molar-refractivity contribution in [1.82, 2.24) is 5.01 Å². The van der Waals surface area contributed by atoms with E-state index in [0.717, 1.165) is 43.4 Å². The highest BCUT2D eigenvalue weighted by atomic mass is 16.6. The maximum absolute atomic E-state index is 14.1. The number of amides is 4. The van der Waals surface area contributed by atoms with Gasteiger partial charge in [0.2, 0.25) is 5.91 Å². The molecule has 4 rings (SSSR count). The van der Waals surface area contributed by atoms with Crippen LogP contribution in [0.4, 0.5) is 26.7 Å². The number of hydrazone groups is 1. The molecule has 0 unspecified atom stereocenters. The summed E-state index contributed by atoms with van der Waals surface area (Å²) in [5.41, 5.74) is 1.88. The number of para-hydroxylation sites is 1. The van der Waals surface area contributed by atoms with Crippen LogP contribution in [0.15, 0.2) is 53.6 Å². The number of hydrogen-bond acceptors (Lipinski definition) is 6. The number of nitrogens with one attached hydrogen (secondary N) is 1. The van der Waals surface area contributed by atoms with Crippen molar-refractivity contribution < 1.29 is 23.9 Å². The number of benzene rings is 2. The SMILES string of the molecule is CN(C(=O)OC(C)(C)C)c1cccc(NC(=O)CN2N=C(C3CCCCC3)c3ccccc3N(CC(=O)C(C)(C)C)C2=O)c1. The molecule has 1 fully saturated rings. The number of nitrogens with zero attached hydrogens (tertiary/aromatic N) is 4. The van der Waals surface area contributed by atoms with E-state index < -0.39 is 29.0 Å². The fourth-order valence-electron chi connectivity index (χ4n) is 5.27. The summed E-state index contributed by atoms with van der Waals surface area (Å²) in [6.07, 6.45) is 4.66. The molecule has 2 aliphatic rings. The number of ketones is 1. The molecule has 236 valence electrons. The fraction of sp³-hybridized carbons (Fsp3) is 0.500. The molecule has 0 aromatic heterocycles. The molecule has 2 aromatic carbocycles. The van der Waals surface area contributed by atoms with E-state index in [-0.39, 0.29) is 24.8 Å². The van der Waals surface area contributed by atoms with Crippen molar-refractivity contribution in [3.05, 3.63) is 54.1 Å². The summed E-state index contributed by atoms with van der Waals surface area (Å²) in [6.45, 7) is 10.4. The van der Waals surface area contributed by atoms with Crippen LogP contribution in [-0.4, -0.2) is 60.3 Å². The van der Waals surface area contributed by atoms with Gasteiger partial charge in [-0.25, -0.2) is 14.6 Å². The Kier molecular flexibility index (Phi) is 9.81. The van der Waals surface area contributed by atoms with Crippen LogP contribution in [0.2, 0.25) is 0 Å². The molecule has 44 heavy (non-hydrogen) atoms. The molecule has 0 saturated heterocycles. The van der Waals surface area contributed by atoms with Gasteiger partial charge in [-0.3, -0.25) is 19.4 Å². The minimum atomic E-state index is -0.658. The third kappa shape index (κ3) is 8.03. The van der Waals surface area contributed by atoms with E-state index in [0.29, 0.717) is 17.1 Å². The lowest BCUT2D eigenvalue weighted by Crippen LogP contribution is -2.47. The average molecular weight is 604 g/mol. The second kappa shape index (κ2) is 13.2. The fourth-order valence-corrected chi connectivity index (χ4v) is 5.27. The Bertz CT molecular complexity index is 1430. The molecule has 0 radical (unpaired) electrons. The largest absolute Gasteiger partial charge is 0.443 e. The zero-order chi connectivity index (χ0) is 32.2. The highest BCUT2D eigenvalue weighted by Gasteiger charge is 2.36. The van der Waals surface area contributed by atoms with Gasteiger partial charge < -0.3 is 10.1 Å². The molecule has 1 heterocycles. The lowest BCUT2D eigenvalue weighted by molar-refractivity contribution is -0.124. The van der Waals surface area contributed by atoms with Crippen molar-refractivity contribution >= 4 is 46.6 Å². The zero-order valence-corrected chi connectivity index (χ0v) is 27.0. The van der Waals surface area contributed by atoms with E-state index in [1.165, 1.54) is 14.8 Å². The number of carbonyl (C=O) groups is 4. The standard InChI is InChI=1S/C34H45N5O5/c1-33(2,3)28(40)21-38-27-19-12-11-18-26(27)30(23-14-9-8-10-15-23)36-39(31(38)42)22-29(41)35-24-16-13-17-25(20-24)37(7)32(43)44-34(4,5)6/h11-13,16-20,23H,8-10,14-15,21-22H2,1-7H3,(H,35,41). The molecule has 4 amide bonds. The highest BCUT2D eigenvalue weighted by Crippen LogP contribution is 2.34. The van der Waals surface area contributed by atoms with Crippen LogP contribution in [0.1, 0.15) is 79.2 Å². The number of carbonyl (C=O) groups excluding carboxylic acids is 4. The van der Waals surface area contributed by atoms with Crippen LogP contribution >= 0.6 is 0 Å². The van der Waals surface area contributed by atoms with Crippen molar-refractivity contribution in [3.63, 3.8) is 0 Å². The van der Waals surface area contributed by atoms with Crippen LogP contribution in [0, 0.1) is 11.3 Å². The minimum Gasteiger partial charge on any atom is -0.443 e. The molecule has 2 aromatic rings. The van der Waals surface area contributed by atoms with Crippen LogP contribution in [0.25, 0.3) is 0 Å². The van der Waals surface area contributed by atoms with E-state index >= 15 is 0 Å². The van der Waals surface area contributed by atoms with Gasteiger partial charge in [0.1, 0.15) is 12.1 Å². The maximum Gasteiger partial charge on any atom is 0.414 e. The van der Waals surface area contributed by atoms with Gasteiger partial charge in [-0.05, 0) is 57.9 Å². The number of hydrogen-bond donors (Lipinski definition) is 1. The monoisotopic (exact) mass is 603 g/mol. The molecule has 1 aliphatic carbocycles. The van der Waals surface area contributed by atoms with Crippen LogP contribution in [-0.2, 0) is 14.3 Å². The van der Waals surface area contributed by atoms with Gasteiger partial charge in [0, 0.05) is 35.3 Å². The number of rotatable bonds is 7.